The Morgan fingerprint density at radius 1 is 1.00 bits per heavy atom. The van der Waals surface area contributed by atoms with E-state index in [-0.39, 0.29) is 29.6 Å². The van der Waals surface area contributed by atoms with Gasteiger partial charge in [-0.1, -0.05) is 6.58 Å². The summed E-state index contributed by atoms with van der Waals surface area (Å²) in [6.07, 6.45) is 0. The molecule has 11 heavy (non-hydrogen) atoms. The monoisotopic (exact) mass is 207 g/mol. The van der Waals surface area contributed by atoms with Crippen LogP contribution in [-0.4, -0.2) is 0 Å². The van der Waals surface area contributed by atoms with Crippen molar-refractivity contribution in [2.75, 3.05) is 0 Å². The van der Waals surface area contributed by atoms with Gasteiger partial charge in [0, 0.05) is 0 Å². The average molecular weight is 207 g/mol. The summed E-state index contributed by atoms with van der Waals surface area (Å²) in [6, 6.07) is 0. The van der Waals surface area contributed by atoms with Crippen LogP contribution in [0.4, 0.5) is 0 Å². The minimum absolute atomic E-state index is 0. The summed E-state index contributed by atoms with van der Waals surface area (Å²) in [5, 5.41) is -1.79. The Morgan fingerprint density at radius 2 is 1.18 bits per heavy atom. The van der Waals surface area contributed by atoms with Gasteiger partial charge in [-0.05, 0) is 20.2 Å². The molecular formula is C2H2NaO6P2-3. The molecule has 0 amide bonds. The molecule has 0 rings (SSSR count). The van der Waals surface area contributed by atoms with Crippen LogP contribution in [0.15, 0.2) is 11.6 Å². The second-order valence-electron chi connectivity index (χ2n) is 1.41. The summed E-state index contributed by atoms with van der Waals surface area (Å²) < 4.78 is 19.6. The summed E-state index contributed by atoms with van der Waals surface area (Å²) in [6.45, 7) is 2.32. The molecule has 0 saturated carbocycles. The topological polar surface area (TPSA) is 126 Å². The smallest absolute Gasteiger partial charge is 0.807 e. The van der Waals surface area contributed by atoms with Crippen LogP contribution in [0, 0.1) is 0 Å². The van der Waals surface area contributed by atoms with Gasteiger partial charge in [-0.2, -0.15) is 0 Å². The van der Waals surface area contributed by atoms with Crippen LogP contribution in [0.25, 0.3) is 0 Å². The first-order valence-electron chi connectivity index (χ1n) is 1.90. The molecule has 0 unspecified atom stereocenters. The van der Waals surface area contributed by atoms with Crippen molar-refractivity contribution >= 4 is 15.2 Å². The van der Waals surface area contributed by atoms with Gasteiger partial charge in [0.05, 0.1) is 0 Å². The van der Waals surface area contributed by atoms with Gasteiger partial charge >= 0.3 is 29.6 Å². The maximum absolute atomic E-state index is 9.78. The van der Waals surface area contributed by atoms with Gasteiger partial charge in [0.15, 0.2) is 0 Å². The summed E-state index contributed by atoms with van der Waals surface area (Å²) >= 11 is 0. The van der Waals surface area contributed by atoms with E-state index in [1.807, 2.05) is 0 Å². The largest absolute Gasteiger partial charge is 1.00 e. The van der Waals surface area contributed by atoms with E-state index in [4.69, 9.17) is 0 Å². The SMILES string of the molecule is C=C(P(=O)([O-])[O-])P(=O)([O-])[O-].[Na+]. The number of rotatable bonds is 2. The molecule has 0 aromatic heterocycles. The molecule has 0 spiro atoms. The van der Waals surface area contributed by atoms with Gasteiger partial charge in [-0.25, -0.2) is 0 Å². The van der Waals surface area contributed by atoms with Crippen molar-refractivity contribution < 1.29 is 58.3 Å². The Hall–Kier alpha value is 1.04. The fourth-order valence-electron chi connectivity index (χ4n) is 0.150. The Kier molecular flexibility index (Phi) is 5.72. The van der Waals surface area contributed by atoms with E-state index in [0.717, 1.165) is 0 Å². The maximum Gasteiger partial charge on any atom is 1.00 e. The molecule has 0 fully saturated rings. The van der Waals surface area contributed by atoms with Crippen LogP contribution in [0.1, 0.15) is 0 Å². The summed E-state index contributed by atoms with van der Waals surface area (Å²) in [5.41, 5.74) is 0. The quantitative estimate of drug-likeness (QED) is 0.328. The molecule has 9 heteroatoms. The zero-order chi connectivity index (χ0) is 8.58. The van der Waals surface area contributed by atoms with Crippen LogP contribution >= 0.6 is 15.2 Å². The molecule has 60 valence electrons. The van der Waals surface area contributed by atoms with Gasteiger partial charge in [0.1, 0.15) is 0 Å². The van der Waals surface area contributed by atoms with Gasteiger partial charge in [-0.15, -0.1) is 0 Å². The second kappa shape index (κ2) is 4.33. The predicted molar refractivity (Wildman–Crippen MR) is 24.4 cm³/mol. The van der Waals surface area contributed by atoms with Gasteiger partial charge in [0.2, 0.25) is 0 Å². The van der Waals surface area contributed by atoms with Crippen molar-refractivity contribution in [1.29, 1.82) is 0 Å². The number of hydrogen-bond acceptors (Lipinski definition) is 6. The van der Waals surface area contributed by atoms with E-state index < -0.39 is 20.2 Å². The Bertz CT molecular complexity index is 211. The summed E-state index contributed by atoms with van der Waals surface area (Å²) in [7, 11) is -10.9. The molecule has 0 aliphatic heterocycles. The third-order valence-electron chi connectivity index (χ3n) is 0.632. The molecule has 0 saturated heterocycles. The first-order chi connectivity index (χ1) is 4.15. The fourth-order valence-corrected chi connectivity index (χ4v) is 1.35. The van der Waals surface area contributed by atoms with Crippen LogP contribution in [0.2, 0.25) is 0 Å². The van der Waals surface area contributed by atoms with Gasteiger partial charge in [0.25, 0.3) is 0 Å². The molecule has 0 N–H and O–H groups in total. The van der Waals surface area contributed by atoms with Crippen LogP contribution < -0.4 is 49.1 Å². The van der Waals surface area contributed by atoms with Crippen molar-refractivity contribution in [3.8, 4) is 0 Å². The van der Waals surface area contributed by atoms with Gasteiger partial charge < -0.3 is 28.7 Å². The fraction of sp³-hybridized carbons (Fsp3) is 0. The van der Waals surface area contributed by atoms with E-state index in [1.165, 1.54) is 0 Å². The molecule has 0 radical (unpaired) electrons. The molecule has 0 heterocycles. The van der Waals surface area contributed by atoms with Crippen LogP contribution in [0.5, 0.6) is 0 Å². The zero-order valence-corrected chi connectivity index (χ0v) is 9.34. The molecule has 0 aliphatic rings. The third kappa shape index (κ3) is 5.31. The summed E-state index contributed by atoms with van der Waals surface area (Å²) in [5.74, 6) is 0. The molecule has 0 aromatic carbocycles. The Labute approximate surface area is 84.9 Å². The second-order valence-corrected chi connectivity index (χ2v) is 4.83. The Balaban J connectivity index is 0. The zero-order valence-electron chi connectivity index (χ0n) is 5.55. The third-order valence-corrected chi connectivity index (χ3v) is 3.37. The average Bonchev–Trinajstić information content (AvgIpc) is 1.59. The van der Waals surface area contributed by atoms with Gasteiger partial charge in [-0.3, -0.25) is 0 Å². The van der Waals surface area contributed by atoms with Crippen molar-refractivity contribution in [3.63, 3.8) is 0 Å². The van der Waals surface area contributed by atoms with Crippen LogP contribution in [-0.2, 0) is 9.13 Å². The number of hydrogen-bond donors (Lipinski definition) is 0. The summed E-state index contributed by atoms with van der Waals surface area (Å²) in [4.78, 5) is 39.1. The minimum Gasteiger partial charge on any atom is -0.807 e. The molecule has 0 aliphatic carbocycles. The van der Waals surface area contributed by atoms with E-state index in [0.29, 0.717) is 0 Å². The van der Waals surface area contributed by atoms with E-state index in [9.17, 15) is 28.7 Å². The molecular weight excluding hydrogens is 205 g/mol. The first kappa shape index (κ1) is 14.6. The van der Waals surface area contributed by atoms with Crippen molar-refractivity contribution in [1.82, 2.24) is 0 Å². The first-order valence-corrected chi connectivity index (χ1v) is 4.98. The standard InChI is InChI=1S/C2H6O6P2.Na/c1-2(9(3,4)5)10(6,7)8;/h1H2,(H2,3,4,5)(H2,6,7,8);/q;+1/p-4. The van der Waals surface area contributed by atoms with Crippen molar-refractivity contribution in [2.24, 2.45) is 0 Å². The van der Waals surface area contributed by atoms with E-state index in [2.05, 4.69) is 6.58 Å². The predicted octanol–water partition coefficient (Wildman–Crippen LogP) is -5.71. The molecule has 0 aromatic rings. The Morgan fingerprint density at radius 3 is 1.18 bits per heavy atom. The van der Waals surface area contributed by atoms with Crippen LogP contribution in [0.3, 0.4) is 0 Å². The minimum atomic E-state index is -5.46. The van der Waals surface area contributed by atoms with Crippen molar-refractivity contribution in [2.45, 2.75) is 0 Å². The maximum atomic E-state index is 9.78. The van der Waals surface area contributed by atoms with E-state index >= 15 is 0 Å². The normalized spacial score (nSPS) is 12.0. The van der Waals surface area contributed by atoms with E-state index in [1.54, 1.807) is 0 Å². The molecule has 6 nitrogen and oxygen atoms in total. The molecule has 0 bridgehead atoms. The van der Waals surface area contributed by atoms with Crippen molar-refractivity contribution in [3.05, 3.63) is 11.6 Å². The molecule has 0 atom stereocenters.